The largest absolute Gasteiger partial charge is 0.353 e. The first-order chi connectivity index (χ1) is 11.6. The number of likely N-dealkylation sites (tertiary alicyclic amines) is 1. The van der Waals surface area contributed by atoms with Crippen molar-refractivity contribution < 1.29 is 9.59 Å². The van der Waals surface area contributed by atoms with E-state index in [0.29, 0.717) is 18.9 Å². The molecule has 0 saturated carbocycles. The van der Waals surface area contributed by atoms with Crippen LogP contribution in [-0.4, -0.2) is 42.4 Å². The summed E-state index contributed by atoms with van der Waals surface area (Å²) in [6.07, 6.45) is 2.99. The minimum absolute atomic E-state index is 0. The SMILES string of the molecule is CC1CC(NC(=O)C2CCC(=O)N(C)C2c2ccccc2)CCN1.Cl. The van der Waals surface area contributed by atoms with Gasteiger partial charge >= 0.3 is 0 Å². The minimum atomic E-state index is -0.180. The van der Waals surface area contributed by atoms with Crippen molar-refractivity contribution in [3.8, 4) is 0 Å². The lowest BCUT2D eigenvalue weighted by Crippen LogP contribution is -2.51. The van der Waals surface area contributed by atoms with Crippen molar-refractivity contribution in [2.24, 2.45) is 5.92 Å². The molecular formula is C19H28ClN3O2. The predicted molar refractivity (Wildman–Crippen MR) is 101 cm³/mol. The van der Waals surface area contributed by atoms with Gasteiger partial charge in [-0.2, -0.15) is 0 Å². The zero-order chi connectivity index (χ0) is 17.1. The number of amides is 2. The summed E-state index contributed by atoms with van der Waals surface area (Å²) in [6.45, 7) is 3.09. The van der Waals surface area contributed by atoms with E-state index in [-0.39, 0.29) is 42.2 Å². The number of carbonyl (C=O) groups excluding carboxylic acids is 2. The predicted octanol–water partition coefficient (Wildman–Crippen LogP) is 2.27. The standard InChI is InChI=1S/C19H27N3O2.ClH/c1-13-12-15(10-11-20-13)21-19(24)16-8-9-17(23)22(2)18(16)14-6-4-3-5-7-14;/h3-7,13,15-16,18,20H,8-12H2,1-2H3,(H,21,24);1H. The number of benzene rings is 1. The molecule has 138 valence electrons. The van der Waals surface area contributed by atoms with E-state index in [1.807, 2.05) is 37.4 Å². The topological polar surface area (TPSA) is 61.4 Å². The monoisotopic (exact) mass is 365 g/mol. The van der Waals surface area contributed by atoms with Crippen molar-refractivity contribution in [2.75, 3.05) is 13.6 Å². The lowest BCUT2D eigenvalue weighted by Gasteiger charge is -2.39. The Morgan fingerprint density at radius 3 is 2.64 bits per heavy atom. The maximum Gasteiger partial charge on any atom is 0.225 e. The third kappa shape index (κ3) is 4.53. The molecule has 2 aliphatic rings. The molecule has 2 heterocycles. The fourth-order valence-electron chi connectivity index (χ4n) is 3.99. The fraction of sp³-hybridized carbons (Fsp3) is 0.579. The number of rotatable bonds is 3. The van der Waals surface area contributed by atoms with Crippen molar-refractivity contribution in [3.63, 3.8) is 0 Å². The zero-order valence-electron chi connectivity index (χ0n) is 14.9. The Hall–Kier alpha value is -1.59. The first-order valence-corrected chi connectivity index (χ1v) is 8.90. The van der Waals surface area contributed by atoms with Gasteiger partial charge in [-0.15, -0.1) is 12.4 Å². The molecular weight excluding hydrogens is 338 g/mol. The Morgan fingerprint density at radius 1 is 1.24 bits per heavy atom. The van der Waals surface area contributed by atoms with Crippen LogP contribution in [0.25, 0.3) is 0 Å². The highest BCUT2D eigenvalue weighted by Gasteiger charge is 2.39. The first-order valence-electron chi connectivity index (χ1n) is 8.90. The van der Waals surface area contributed by atoms with Crippen LogP contribution in [0.2, 0.25) is 0 Å². The number of nitrogens with one attached hydrogen (secondary N) is 2. The van der Waals surface area contributed by atoms with E-state index in [2.05, 4.69) is 17.6 Å². The highest BCUT2D eigenvalue weighted by Crippen LogP contribution is 2.36. The van der Waals surface area contributed by atoms with E-state index in [0.717, 1.165) is 24.9 Å². The Balaban J connectivity index is 0.00000225. The van der Waals surface area contributed by atoms with Crippen molar-refractivity contribution in [2.45, 2.75) is 50.7 Å². The van der Waals surface area contributed by atoms with Crippen LogP contribution in [0.15, 0.2) is 30.3 Å². The molecule has 4 unspecified atom stereocenters. The van der Waals surface area contributed by atoms with Crippen LogP contribution in [0.1, 0.15) is 44.2 Å². The molecule has 6 heteroatoms. The van der Waals surface area contributed by atoms with Crippen LogP contribution in [0, 0.1) is 5.92 Å². The van der Waals surface area contributed by atoms with Crippen LogP contribution in [0.3, 0.4) is 0 Å². The summed E-state index contributed by atoms with van der Waals surface area (Å²) in [5.74, 6) is 0.0194. The average Bonchev–Trinajstić information content (AvgIpc) is 2.58. The highest BCUT2D eigenvalue weighted by atomic mass is 35.5. The third-order valence-corrected chi connectivity index (χ3v) is 5.31. The summed E-state index contributed by atoms with van der Waals surface area (Å²) in [6, 6.07) is 10.4. The number of carbonyl (C=O) groups is 2. The van der Waals surface area contributed by atoms with E-state index in [4.69, 9.17) is 0 Å². The minimum Gasteiger partial charge on any atom is -0.353 e. The maximum absolute atomic E-state index is 12.9. The van der Waals surface area contributed by atoms with Gasteiger partial charge in [0.15, 0.2) is 0 Å². The molecule has 25 heavy (non-hydrogen) atoms. The van der Waals surface area contributed by atoms with Gasteiger partial charge in [-0.3, -0.25) is 9.59 Å². The number of hydrogen-bond acceptors (Lipinski definition) is 3. The van der Waals surface area contributed by atoms with Gasteiger partial charge in [0.25, 0.3) is 0 Å². The molecule has 0 spiro atoms. The Labute approximate surface area is 155 Å². The Morgan fingerprint density at radius 2 is 1.96 bits per heavy atom. The number of piperidine rings is 2. The summed E-state index contributed by atoms with van der Waals surface area (Å²) in [7, 11) is 1.81. The molecule has 2 amide bonds. The quantitative estimate of drug-likeness (QED) is 0.863. The van der Waals surface area contributed by atoms with Gasteiger partial charge in [0.05, 0.1) is 12.0 Å². The number of nitrogens with zero attached hydrogens (tertiary/aromatic N) is 1. The van der Waals surface area contributed by atoms with E-state index in [1.165, 1.54) is 0 Å². The molecule has 3 rings (SSSR count). The van der Waals surface area contributed by atoms with Gasteiger partial charge < -0.3 is 15.5 Å². The van der Waals surface area contributed by atoms with Crippen molar-refractivity contribution >= 4 is 24.2 Å². The molecule has 2 fully saturated rings. The summed E-state index contributed by atoms with van der Waals surface area (Å²) in [5.41, 5.74) is 1.03. The second kappa shape index (κ2) is 8.68. The lowest BCUT2D eigenvalue weighted by atomic mass is 9.83. The van der Waals surface area contributed by atoms with Crippen LogP contribution in [0.4, 0.5) is 0 Å². The molecule has 2 aliphatic heterocycles. The van der Waals surface area contributed by atoms with Crippen LogP contribution >= 0.6 is 12.4 Å². The fourth-order valence-corrected chi connectivity index (χ4v) is 3.99. The van der Waals surface area contributed by atoms with Crippen LogP contribution in [0.5, 0.6) is 0 Å². The second-order valence-electron chi connectivity index (χ2n) is 7.09. The van der Waals surface area contributed by atoms with E-state index in [9.17, 15) is 9.59 Å². The molecule has 0 aromatic heterocycles. The smallest absolute Gasteiger partial charge is 0.225 e. The number of halogens is 1. The van der Waals surface area contributed by atoms with Gasteiger partial charge in [0, 0.05) is 25.6 Å². The van der Waals surface area contributed by atoms with Crippen molar-refractivity contribution in [1.29, 1.82) is 0 Å². The van der Waals surface area contributed by atoms with E-state index < -0.39 is 0 Å². The summed E-state index contributed by atoms with van der Waals surface area (Å²) in [5, 5.41) is 6.65. The van der Waals surface area contributed by atoms with Gasteiger partial charge in [0.1, 0.15) is 0 Å². The molecule has 4 atom stereocenters. The van der Waals surface area contributed by atoms with Crippen molar-refractivity contribution in [3.05, 3.63) is 35.9 Å². The normalized spacial score (nSPS) is 29.7. The molecule has 1 aromatic carbocycles. The highest BCUT2D eigenvalue weighted by molar-refractivity contribution is 5.85. The van der Waals surface area contributed by atoms with Crippen LogP contribution in [-0.2, 0) is 9.59 Å². The van der Waals surface area contributed by atoms with Crippen LogP contribution < -0.4 is 10.6 Å². The first kappa shape index (κ1) is 19.7. The Kier molecular flexibility index (Phi) is 6.85. The summed E-state index contributed by atoms with van der Waals surface area (Å²) in [4.78, 5) is 26.8. The van der Waals surface area contributed by atoms with Gasteiger partial charge in [-0.25, -0.2) is 0 Å². The summed E-state index contributed by atoms with van der Waals surface area (Å²) < 4.78 is 0. The van der Waals surface area contributed by atoms with Gasteiger partial charge in [-0.1, -0.05) is 30.3 Å². The van der Waals surface area contributed by atoms with E-state index >= 15 is 0 Å². The van der Waals surface area contributed by atoms with E-state index in [1.54, 1.807) is 4.90 Å². The molecule has 0 radical (unpaired) electrons. The molecule has 0 aliphatic carbocycles. The zero-order valence-corrected chi connectivity index (χ0v) is 15.7. The lowest BCUT2D eigenvalue weighted by molar-refractivity contribution is -0.142. The average molecular weight is 366 g/mol. The van der Waals surface area contributed by atoms with Crippen molar-refractivity contribution in [1.82, 2.24) is 15.5 Å². The molecule has 1 aromatic rings. The third-order valence-electron chi connectivity index (χ3n) is 5.31. The van der Waals surface area contributed by atoms with Gasteiger partial charge in [0.2, 0.25) is 11.8 Å². The molecule has 2 N–H and O–H groups in total. The second-order valence-corrected chi connectivity index (χ2v) is 7.09. The number of hydrogen-bond donors (Lipinski definition) is 2. The summed E-state index contributed by atoms with van der Waals surface area (Å²) >= 11 is 0. The Bertz CT molecular complexity index is 596. The maximum atomic E-state index is 12.9. The molecule has 0 bridgehead atoms. The molecule has 5 nitrogen and oxygen atoms in total. The van der Waals surface area contributed by atoms with Gasteiger partial charge in [-0.05, 0) is 38.3 Å². The molecule has 2 saturated heterocycles.